The Morgan fingerprint density at radius 1 is 1.31 bits per heavy atom. The number of nitrogens with zero attached hydrogens (tertiary/aromatic N) is 1. The summed E-state index contributed by atoms with van der Waals surface area (Å²) < 4.78 is 0. The minimum atomic E-state index is 0.576. The van der Waals surface area contributed by atoms with E-state index in [1.807, 2.05) is 0 Å². The molecule has 0 saturated heterocycles. The SMILES string of the molecule is Cc1cccc(CN(C)CCNC(C)C)c1. The van der Waals surface area contributed by atoms with Gasteiger partial charge in [0, 0.05) is 25.7 Å². The summed E-state index contributed by atoms with van der Waals surface area (Å²) in [7, 11) is 2.17. The van der Waals surface area contributed by atoms with Gasteiger partial charge < -0.3 is 10.2 Å². The molecule has 16 heavy (non-hydrogen) atoms. The van der Waals surface area contributed by atoms with E-state index in [-0.39, 0.29) is 0 Å². The maximum absolute atomic E-state index is 3.43. The number of aryl methyl sites for hydroxylation is 1. The Morgan fingerprint density at radius 3 is 2.69 bits per heavy atom. The monoisotopic (exact) mass is 220 g/mol. The fourth-order valence-corrected chi connectivity index (χ4v) is 1.75. The molecule has 1 N–H and O–H groups in total. The highest BCUT2D eigenvalue weighted by molar-refractivity contribution is 5.21. The summed E-state index contributed by atoms with van der Waals surface area (Å²) in [6.45, 7) is 9.68. The highest BCUT2D eigenvalue weighted by atomic mass is 15.1. The van der Waals surface area contributed by atoms with Crippen molar-refractivity contribution in [3.63, 3.8) is 0 Å². The fraction of sp³-hybridized carbons (Fsp3) is 0.571. The Morgan fingerprint density at radius 2 is 2.06 bits per heavy atom. The minimum Gasteiger partial charge on any atom is -0.313 e. The van der Waals surface area contributed by atoms with Gasteiger partial charge >= 0.3 is 0 Å². The van der Waals surface area contributed by atoms with Gasteiger partial charge in [-0.1, -0.05) is 43.7 Å². The molecule has 0 saturated carbocycles. The molecule has 0 amide bonds. The van der Waals surface area contributed by atoms with Crippen molar-refractivity contribution in [2.75, 3.05) is 20.1 Å². The van der Waals surface area contributed by atoms with Crippen LogP contribution in [0.1, 0.15) is 25.0 Å². The molecule has 0 heterocycles. The normalized spacial score (nSPS) is 11.4. The first-order valence-corrected chi connectivity index (χ1v) is 6.05. The number of nitrogens with one attached hydrogen (secondary N) is 1. The number of benzene rings is 1. The Labute approximate surface area is 99.7 Å². The van der Waals surface area contributed by atoms with E-state index in [2.05, 4.69) is 62.3 Å². The van der Waals surface area contributed by atoms with Gasteiger partial charge in [-0.25, -0.2) is 0 Å². The predicted molar refractivity (Wildman–Crippen MR) is 70.7 cm³/mol. The maximum atomic E-state index is 3.43. The molecule has 0 bridgehead atoms. The van der Waals surface area contributed by atoms with Gasteiger partial charge in [0.05, 0.1) is 0 Å². The zero-order chi connectivity index (χ0) is 12.0. The van der Waals surface area contributed by atoms with Crippen molar-refractivity contribution in [3.8, 4) is 0 Å². The third-order valence-electron chi connectivity index (χ3n) is 2.58. The first kappa shape index (κ1) is 13.2. The zero-order valence-electron chi connectivity index (χ0n) is 11.0. The second kappa shape index (κ2) is 6.66. The second-order valence-corrected chi connectivity index (χ2v) is 4.84. The quantitative estimate of drug-likeness (QED) is 0.792. The second-order valence-electron chi connectivity index (χ2n) is 4.84. The van der Waals surface area contributed by atoms with E-state index in [1.165, 1.54) is 11.1 Å². The Bertz CT molecular complexity index is 307. The first-order chi connectivity index (χ1) is 7.58. The molecule has 1 aromatic carbocycles. The molecule has 0 fully saturated rings. The molecule has 0 spiro atoms. The summed E-state index contributed by atoms with van der Waals surface area (Å²) in [4.78, 5) is 2.35. The molecule has 1 rings (SSSR count). The van der Waals surface area contributed by atoms with Crippen LogP contribution in [0.2, 0.25) is 0 Å². The lowest BCUT2D eigenvalue weighted by atomic mass is 10.1. The number of hydrogen-bond acceptors (Lipinski definition) is 2. The van der Waals surface area contributed by atoms with Crippen molar-refractivity contribution in [2.45, 2.75) is 33.4 Å². The van der Waals surface area contributed by atoms with Crippen LogP contribution in [0.5, 0.6) is 0 Å². The molecule has 0 aromatic heterocycles. The standard InChI is InChI=1S/C14H24N2/c1-12(2)15-8-9-16(4)11-14-7-5-6-13(3)10-14/h5-7,10,12,15H,8-9,11H2,1-4H3. The molecule has 2 heteroatoms. The van der Waals surface area contributed by atoms with Crippen LogP contribution in [0.3, 0.4) is 0 Å². The lowest BCUT2D eigenvalue weighted by Crippen LogP contribution is -2.32. The summed E-state index contributed by atoms with van der Waals surface area (Å²) in [6.07, 6.45) is 0. The van der Waals surface area contributed by atoms with Crippen LogP contribution < -0.4 is 5.32 Å². The fourth-order valence-electron chi connectivity index (χ4n) is 1.75. The Kier molecular flexibility index (Phi) is 5.50. The van der Waals surface area contributed by atoms with Crippen molar-refractivity contribution in [1.29, 1.82) is 0 Å². The van der Waals surface area contributed by atoms with Crippen molar-refractivity contribution >= 4 is 0 Å². The van der Waals surface area contributed by atoms with Crippen LogP contribution in [0, 0.1) is 6.92 Å². The molecule has 90 valence electrons. The summed E-state index contributed by atoms with van der Waals surface area (Å²) in [6, 6.07) is 9.30. The van der Waals surface area contributed by atoms with Crippen LogP contribution >= 0.6 is 0 Å². The van der Waals surface area contributed by atoms with Crippen molar-refractivity contribution in [1.82, 2.24) is 10.2 Å². The van der Waals surface area contributed by atoms with E-state index in [4.69, 9.17) is 0 Å². The number of likely N-dealkylation sites (N-methyl/N-ethyl adjacent to an activating group) is 1. The van der Waals surface area contributed by atoms with Gasteiger partial charge in [-0.05, 0) is 19.5 Å². The molecule has 1 aromatic rings. The van der Waals surface area contributed by atoms with Crippen LogP contribution in [-0.2, 0) is 6.54 Å². The number of rotatable bonds is 6. The minimum absolute atomic E-state index is 0.576. The highest BCUT2D eigenvalue weighted by Crippen LogP contribution is 2.06. The molecule has 2 nitrogen and oxygen atoms in total. The molecule has 0 atom stereocenters. The zero-order valence-corrected chi connectivity index (χ0v) is 11.0. The molecular formula is C14H24N2. The predicted octanol–water partition coefficient (Wildman–Crippen LogP) is 2.42. The lowest BCUT2D eigenvalue weighted by Gasteiger charge is -2.18. The highest BCUT2D eigenvalue weighted by Gasteiger charge is 2.00. The van der Waals surface area contributed by atoms with E-state index in [9.17, 15) is 0 Å². The van der Waals surface area contributed by atoms with Crippen molar-refractivity contribution in [3.05, 3.63) is 35.4 Å². The van der Waals surface area contributed by atoms with Crippen molar-refractivity contribution < 1.29 is 0 Å². The molecule has 0 unspecified atom stereocenters. The largest absolute Gasteiger partial charge is 0.313 e. The summed E-state index contributed by atoms with van der Waals surface area (Å²) in [5.74, 6) is 0. The van der Waals surface area contributed by atoms with E-state index in [0.717, 1.165) is 19.6 Å². The van der Waals surface area contributed by atoms with E-state index in [0.29, 0.717) is 6.04 Å². The van der Waals surface area contributed by atoms with Gasteiger partial charge in [0.2, 0.25) is 0 Å². The summed E-state index contributed by atoms with van der Waals surface area (Å²) >= 11 is 0. The van der Waals surface area contributed by atoms with Gasteiger partial charge in [-0.2, -0.15) is 0 Å². The van der Waals surface area contributed by atoms with Crippen LogP contribution in [0.25, 0.3) is 0 Å². The number of hydrogen-bond donors (Lipinski definition) is 1. The lowest BCUT2D eigenvalue weighted by molar-refractivity contribution is 0.320. The van der Waals surface area contributed by atoms with Gasteiger partial charge in [-0.15, -0.1) is 0 Å². The first-order valence-electron chi connectivity index (χ1n) is 6.05. The van der Waals surface area contributed by atoms with Gasteiger partial charge in [-0.3, -0.25) is 0 Å². The molecule has 0 radical (unpaired) electrons. The summed E-state index contributed by atoms with van der Waals surface area (Å²) in [5, 5.41) is 3.43. The van der Waals surface area contributed by atoms with E-state index >= 15 is 0 Å². The topological polar surface area (TPSA) is 15.3 Å². The molecular weight excluding hydrogens is 196 g/mol. The van der Waals surface area contributed by atoms with E-state index < -0.39 is 0 Å². The van der Waals surface area contributed by atoms with Crippen molar-refractivity contribution in [2.24, 2.45) is 0 Å². The van der Waals surface area contributed by atoms with Crippen LogP contribution in [-0.4, -0.2) is 31.1 Å². The average molecular weight is 220 g/mol. The third kappa shape index (κ3) is 5.29. The van der Waals surface area contributed by atoms with Gasteiger partial charge in [0.1, 0.15) is 0 Å². The Hall–Kier alpha value is -0.860. The molecule has 0 aliphatic heterocycles. The third-order valence-corrected chi connectivity index (χ3v) is 2.58. The van der Waals surface area contributed by atoms with E-state index in [1.54, 1.807) is 0 Å². The van der Waals surface area contributed by atoms with Gasteiger partial charge in [0.15, 0.2) is 0 Å². The van der Waals surface area contributed by atoms with Crippen LogP contribution in [0.15, 0.2) is 24.3 Å². The molecule has 0 aliphatic rings. The Balaban J connectivity index is 2.31. The summed E-state index contributed by atoms with van der Waals surface area (Å²) in [5.41, 5.74) is 2.73. The molecule has 0 aliphatic carbocycles. The van der Waals surface area contributed by atoms with Gasteiger partial charge in [0.25, 0.3) is 0 Å². The smallest absolute Gasteiger partial charge is 0.0231 e. The maximum Gasteiger partial charge on any atom is 0.0231 e. The van der Waals surface area contributed by atoms with Crippen LogP contribution in [0.4, 0.5) is 0 Å². The average Bonchev–Trinajstić information content (AvgIpc) is 2.16.